The van der Waals surface area contributed by atoms with Gasteiger partial charge in [-0.05, 0) is 77.6 Å². The number of rotatable bonds is 6. The predicted molar refractivity (Wildman–Crippen MR) is 142 cm³/mol. The number of fused-ring (bicyclic) bond motifs is 6. The van der Waals surface area contributed by atoms with Crippen LogP contribution in [-0.2, 0) is 32.7 Å². The van der Waals surface area contributed by atoms with Crippen molar-refractivity contribution in [2.75, 3.05) is 20.8 Å². The van der Waals surface area contributed by atoms with E-state index in [9.17, 15) is 9.50 Å². The molecule has 1 aromatic heterocycles. The Kier molecular flexibility index (Phi) is 6.84. The van der Waals surface area contributed by atoms with Crippen LogP contribution in [-0.4, -0.2) is 35.3 Å². The highest BCUT2D eigenvalue weighted by Crippen LogP contribution is 2.45. The van der Waals surface area contributed by atoms with E-state index in [0.717, 1.165) is 53.8 Å². The first-order chi connectivity index (χ1) is 17.6. The molecule has 0 saturated carbocycles. The monoisotopic (exact) mass is 504 g/mol. The molecule has 0 aliphatic carbocycles. The third kappa shape index (κ3) is 4.32. The summed E-state index contributed by atoms with van der Waals surface area (Å²) in [5, 5.41) is 11.3. The molecule has 0 spiro atoms. The lowest BCUT2D eigenvalue weighted by atomic mass is 9.85. The second kappa shape index (κ2) is 10.1. The minimum atomic E-state index is -0.277. The van der Waals surface area contributed by atoms with Crippen molar-refractivity contribution in [3.05, 3.63) is 88.4 Å². The van der Waals surface area contributed by atoms with Gasteiger partial charge in [-0.1, -0.05) is 19.6 Å². The molecule has 1 unspecified atom stereocenters. The molecule has 3 heterocycles. The van der Waals surface area contributed by atoms with Crippen LogP contribution in [0.2, 0.25) is 0 Å². The molecule has 2 aliphatic rings. The Morgan fingerprint density at radius 2 is 1.89 bits per heavy atom. The second-order valence-corrected chi connectivity index (χ2v) is 9.44. The first-order valence-electron chi connectivity index (χ1n) is 12.2. The van der Waals surface area contributed by atoms with Crippen LogP contribution in [0.5, 0.6) is 17.2 Å². The van der Waals surface area contributed by atoms with Crippen LogP contribution < -0.4 is 14.2 Å². The fourth-order valence-corrected chi connectivity index (χ4v) is 5.79. The van der Waals surface area contributed by atoms with Crippen molar-refractivity contribution in [1.29, 1.82) is 0 Å². The lowest BCUT2D eigenvalue weighted by molar-refractivity contribution is 0.145. The number of aliphatic hydroxyl groups is 1. The van der Waals surface area contributed by atoms with Crippen LogP contribution in [0.4, 0.5) is 4.39 Å². The molecule has 6 rings (SSSR count). The number of hydrogen-bond acceptors (Lipinski definition) is 5. The summed E-state index contributed by atoms with van der Waals surface area (Å²) in [6.45, 7) is 1.90. The van der Waals surface area contributed by atoms with E-state index < -0.39 is 0 Å². The first-order valence-corrected chi connectivity index (χ1v) is 12.2. The topological polar surface area (TPSA) is 56.1 Å². The van der Waals surface area contributed by atoms with Gasteiger partial charge in [0.05, 0.1) is 19.7 Å². The molecule has 2 aliphatic heterocycles. The minimum Gasteiger partial charge on any atom is -0.497 e. The standard InChI is InChI=1S/C29H29FN2O4.CH4/c1-34-21-6-7-25-23(12-21)24-13-26-22-14-29(36-16-18-4-3-5-20(30)10-18)28(35-2)11-19(22)8-9-31(26)15-27(24)32(25)17-33;/h3-7,10-12,14,26,33H,8-9,13,15-17H2,1-2H3;1H4. The van der Waals surface area contributed by atoms with Gasteiger partial charge < -0.3 is 23.9 Å². The summed E-state index contributed by atoms with van der Waals surface area (Å²) in [6, 6.07) is 16.9. The average Bonchev–Trinajstić information content (AvgIpc) is 3.21. The van der Waals surface area contributed by atoms with Crippen LogP contribution in [0.15, 0.2) is 54.6 Å². The van der Waals surface area contributed by atoms with Crippen molar-refractivity contribution in [2.24, 2.45) is 0 Å². The third-order valence-electron chi connectivity index (χ3n) is 7.56. The van der Waals surface area contributed by atoms with Gasteiger partial charge in [0, 0.05) is 30.2 Å². The minimum absolute atomic E-state index is 0. The van der Waals surface area contributed by atoms with Crippen molar-refractivity contribution in [1.82, 2.24) is 9.47 Å². The Labute approximate surface area is 216 Å². The van der Waals surface area contributed by atoms with Gasteiger partial charge >= 0.3 is 0 Å². The Hall–Kier alpha value is -3.55. The molecule has 0 saturated heterocycles. The molecule has 1 N–H and O–H groups in total. The molecule has 0 amide bonds. The summed E-state index contributed by atoms with van der Waals surface area (Å²) < 4.78 is 33.0. The van der Waals surface area contributed by atoms with Crippen LogP contribution in [0, 0.1) is 5.82 Å². The summed E-state index contributed by atoms with van der Waals surface area (Å²) in [4.78, 5) is 2.48. The fourth-order valence-electron chi connectivity index (χ4n) is 5.79. The fraction of sp³-hybridized carbons (Fsp3) is 0.333. The molecule has 0 bridgehead atoms. The van der Waals surface area contributed by atoms with Gasteiger partial charge in [0.15, 0.2) is 11.5 Å². The summed E-state index contributed by atoms with van der Waals surface area (Å²) in [7, 11) is 3.32. The molecule has 3 aromatic carbocycles. The van der Waals surface area contributed by atoms with E-state index in [0.29, 0.717) is 11.5 Å². The SMILES string of the molecule is C.COc1ccc2c(c1)c1c(n2CO)CN2CCc3cc(OC)c(OCc4cccc(F)c4)cc3C2C1. The van der Waals surface area contributed by atoms with Crippen LogP contribution in [0.3, 0.4) is 0 Å². The van der Waals surface area contributed by atoms with Crippen molar-refractivity contribution < 1.29 is 23.7 Å². The largest absolute Gasteiger partial charge is 0.497 e. The number of ether oxygens (including phenoxy) is 3. The predicted octanol–water partition coefficient (Wildman–Crippen LogP) is 5.62. The highest BCUT2D eigenvalue weighted by molar-refractivity contribution is 5.87. The van der Waals surface area contributed by atoms with E-state index in [-0.39, 0.29) is 32.6 Å². The summed E-state index contributed by atoms with van der Waals surface area (Å²) >= 11 is 0. The lowest BCUT2D eigenvalue weighted by Gasteiger charge is -2.41. The number of aromatic nitrogens is 1. The molecule has 1 atom stereocenters. The Balaban J connectivity index is 0.00000280. The van der Waals surface area contributed by atoms with Crippen molar-refractivity contribution in [2.45, 2.75) is 46.2 Å². The number of nitrogens with zero attached hydrogens (tertiary/aromatic N) is 2. The maximum Gasteiger partial charge on any atom is 0.162 e. The highest BCUT2D eigenvalue weighted by Gasteiger charge is 2.36. The maximum absolute atomic E-state index is 13.6. The van der Waals surface area contributed by atoms with Crippen molar-refractivity contribution >= 4 is 10.9 Å². The molecule has 0 fully saturated rings. The van der Waals surface area contributed by atoms with E-state index in [1.54, 1.807) is 20.3 Å². The Bertz CT molecular complexity index is 1450. The van der Waals surface area contributed by atoms with E-state index in [4.69, 9.17) is 14.2 Å². The zero-order valence-electron chi connectivity index (χ0n) is 20.5. The first kappa shape index (κ1) is 25.1. The molecule has 37 heavy (non-hydrogen) atoms. The molecule has 194 valence electrons. The van der Waals surface area contributed by atoms with Crippen LogP contribution >= 0.6 is 0 Å². The molecular weight excluding hydrogens is 471 g/mol. The van der Waals surface area contributed by atoms with Crippen molar-refractivity contribution in [3.63, 3.8) is 0 Å². The number of halogens is 1. The van der Waals surface area contributed by atoms with Gasteiger partial charge in [-0.2, -0.15) is 0 Å². The smallest absolute Gasteiger partial charge is 0.162 e. The van der Waals surface area contributed by atoms with Gasteiger partial charge in [0.25, 0.3) is 0 Å². The van der Waals surface area contributed by atoms with Gasteiger partial charge in [0.2, 0.25) is 0 Å². The molecule has 0 radical (unpaired) electrons. The van der Waals surface area contributed by atoms with Gasteiger partial charge in [0.1, 0.15) is 24.9 Å². The normalized spacial score (nSPS) is 16.4. The summed E-state index contributed by atoms with van der Waals surface area (Å²) in [6.07, 6.45) is 1.74. The van der Waals surface area contributed by atoms with E-state index >= 15 is 0 Å². The van der Waals surface area contributed by atoms with Crippen LogP contribution in [0.25, 0.3) is 10.9 Å². The van der Waals surface area contributed by atoms with Crippen molar-refractivity contribution in [3.8, 4) is 17.2 Å². The second-order valence-electron chi connectivity index (χ2n) is 9.44. The maximum atomic E-state index is 13.6. The summed E-state index contributed by atoms with van der Waals surface area (Å²) in [5.74, 6) is 1.88. The van der Waals surface area contributed by atoms with Gasteiger partial charge in [-0.3, -0.25) is 4.90 Å². The average molecular weight is 505 g/mol. The number of methoxy groups -OCH3 is 2. The number of aliphatic hydroxyl groups excluding tert-OH is 1. The third-order valence-corrected chi connectivity index (χ3v) is 7.56. The number of benzene rings is 3. The van der Waals surface area contributed by atoms with Crippen LogP contribution in [0.1, 0.15) is 41.4 Å². The van der Waals surface area contributed by atoms with Gasteiger partial charge in [-0.25, -0.2) is 4.39 Å². The summed E-state index contributed by atoms with van der Waals surface area (Å²) in [5.41, 5.74) is 6.70. The van der Waals surface area contributed by atoms with E-state index in [1.165, 1.54) is 28.8 Å². The highest BCUT2D eigenvalue weighted by atomic mass is 19.1. The van der Waals surface area contributed by atoms with E-state index in [2.05, 4.69) is 23.1 Å². The zero-order chi connectivity index (χ0) is 24.8. The quantitative estimate of drug-likeness (QED) is 0.370. The van der Waals surface area contributed by atoms with E-state index in [1.807, 2.05) is 22.8 Å². The zero-order valence-corrected chi connectivity index (χ0v) is 20.5. The number of hydrogen-bond donors (Lipinski definition) is 1. The molecule has 4 aromatic rings. The molecule has 7 heteroatoms. The molecule has 6 nitrogen and oxygen atoms in total. The Morgan fingerprint density at radius 1 is 1.03 bits per heavy atom. The van der Waals surface area contributed by atoms with Gasteiger partial charge in [-0.15, -0.1) is 0 Å². The Morgan fingerprint density at radius 3 is 2.65 bits per heavy atom. The molecular formula is C30H33FN2O4. The lowest BCUT2D eigenvalue weighted by Crippen LogP contribution is -2.39.